The van der Waals surface area contributed by atoms with Crippen LogP contribution in [0.25, 0.3) is 6.08 Å². The fourth-order valence-corrected chi connectivity index (χ4v) is 4.85. The van der Waals surface area contributed by atoms with Crippen molar-refractivity contribution in [3.8, 4) is 11.5 Å². The SMILES string of the molecule is COc1cc(C=C2C(=O)N(c3ccc(C)cc3)C(=S)N(c3ccc(C)cc3)C2=O)ccc1OCc1ccc(C)cc1. The number of aryl methyl sites for hydroxylation is 3. The van der Waals surface area contributed by atoms with Crippen molar-refractivity contribution in [1.29, 1.82) is 0 Å². The lowest BCUT2D eigenvalue weighted by atomic mass is 10.0. The average molecular weight is 563 g/mol. The number of carbonyl (C=O) groups excluding carboxylic acids is 2. The Morgan fingerprint density at radius 3 is 1.66 bits per heavy atom. The van der Waals surface area contributed by atoms with E-state index in [-0.39, 0.29) is 10.7 Å². The highest BCUT2D eigenvalue weighted by molar-refractivity contribution is 7.81. The molecule has 1 aliphatic rings. The van der Waals surface area contributed by atoms with E-state index >= 15 is 0 Å². The molecule has 6 nitrogen and oxygen atoms in total. The molecule has 0 saturated carbocycles. The first-order valence-electron chi connectivity index (χ1n) is 13.2. The average Bonchev–Trinajstić information content (AvgIpc) is 2.97. The molecule has 1 saturated heterocycles. The third-order valence-corrected chi connectivity index (χ3v) is 7.21. The van der Waals surface area contributed by atoms with Crippen molar-refractivity contribution >= 4 is 46.6 Å². The largest absolute Gasteiger partial charge is 0.493 e. The second-order valence-corrected chi connectivity index (χ2v) is 10.3. The molecular weight excluding hydrogens is 532 g/mol. The van der Waals surface area contributed by atoms with Crippen LogP contribution in [0.1, 0.15) is 27.8 Å². The van der Waals surface area contributed by atoms with E-state index < -0.39 is 11.8 Å². The Labute approximate surface area is 245 Å². The van der Waals surface area contributed by atoms with Gasteiger partial charge in [0.05, 0.1) is 18.5 Å². The first-order valence-corrected chi connectivity index (χ1v) is 13.6. The van der Waals surface area contributed by atoms with Gasteiger partial charge in [-0.1, -0.05) is 71.3 Å². The molecule has 0 radical (unpaired) electrons. The Morgan fingerprint density at radius 1 is 0.683 bits per heavy atom. The molecule has 0 spiro atoms. The highest BCUT2D eigenvalue weighted by Crippen LogP contribution is 2.33. The van der Waals surface area contributed by atoms with Crippen LogP contribution in [-0.2, 0) is 16.2 Å². The highest BCUT2D eigenvalue weighted by Gasteiger charge is 2.41. The summed E-state index contributed by atoms with van der Waals surface area (Å²) in [7, 11) is 1.55. The number of anilines is 2. The van der Waals surface area contributed by atoms with Crippen molar-refractivity contribution in [1.82, 2.24) is 0 Å². The number of methoxy groups -OCH3 is 1. The molecule has 41 heavy (non-hydrogen) atoms. The molecule has 2 amide bonds. The van der Waals surface area contributed by atoms with Gasteiger partial charge in [-0.25, -0.2) is 0 Å². The normalized spacial score (nSPS) is 13.5. The third kappa shape index (κ3) is 5.90. The van der Waals surface area contributed by atoms with Gasteiger partial charge >= 0.3 is 0 Å². The predicted molar refractivity (Wildman–Crippen MR) is 166 cm³/mol. The van der Waals surface area contributed by atoms with Crippen molar-refractivity contribution in [2.24, 2.45) is 0 Å². The predicted octanol–water partition coefficient (Wildman–Crippen LogP) is 6.95. The Kier molecular flexibility index (Phi) is 7.99. The van der Waals surface area contributed by atoms with E-state index in [9.17, 15) is 9.59 Å². The van der Waals surface area contributed by atoms with Crippen LogP contribution in [0, 0.1) is 20.8 Å². The summed E-state index contributed by atoms with van der Waals surface area (Å²) < 4.78 is 11.6. The molecule has 4 aromatic carbocycles. The van der Waals surface area contributed by atoms with Gasteiger partial charge in [-0.2, -0.15) is 0 Å². The fourth-order valence-electron chi connectivity index (χ4n) is 4.48. The summed E-state index contributed by atoms with van der Waals surface area (Å²) in [5.41, 5.74) is 6.06. The van der Waals surface area contributed by atoms with Crippen molar-refractivity contribution in [2.45, 2.75) is 27.4 Å². The van der Waals surface area contributed by atoms with Gasteiger partial charge < -0.3 is 9.47 Å². The van der Waals surface area contributed by atoms with Gasteiger partial charge in [0.15, 0.2) is 16.6 Å². The van der Waals surface area contributed by atoms with Crippen LogP contribution < -0.4 is 19.3 Å². The monoisotopic (exact) mass is 562 g/mol. The first kappa shape index (κ1) is 27.8. The van der Waals surface area contributed by atoms with Gasteiger partial charge in [0.1, 0.15) is 12.2 Å². The van der Waals surface area contributed by atoms with Crippen LogP contribution in [0.4, 0.5) is 11.4 Å². The van der Waals surface area contributed by atoms with Crippen molar-refractivity contribution in [3.05, 3.63) is 124 Å². The quantitative estimate of drug-likeness (QED) is 0.139. The molecule has 1 heterocycles. The van der Waals surface area contributed by atoms with E-state index in [0.717, 1.165) is 16.7 Å². The Morgan fingerprint density at radius 2 is 1.17 bits per heavy atom. The first-order chi connectivity index (χ1) is 19.7. The molecule has 7 heteroatoms. The molecule has 206 valence electrons. The maximum absolute atomic E-state index is 13.8. The number of benzene rings is 4. The van der Waals surface area contributed by atoms with E-state index in [1.54, 1.807) is 31.4 Å². The van der Waals surface area contributed by atoms with E-state index in [1.807, 2.05) is 93.6 Å². The minimum absolute atomic E-state index is 0.0184. The van der Waals surface area contributed by atoms with Gasteiger partial charge in [-0.15, -0.1) is 0 Å². The summed E-state index contributed by atoms with van der Waals surface area (Å²) in [6.07, 6.45) is 1.57. The zero-order valence-corrected chi connectivity index (χ0v) is 24.2. The third-order valence-electron chi connectivity index (χ3n) is 6.85. The Bertz CT molecular complexity index is 1570. The highest BCUT2D eigenvalue weighted by atomic mass is 32.1. The number of carbonyl (C=O) groups is 2. The van der Waals surface area contributed by atoms with Crippen LogP contribution in [0.3, 0.4) is 0 Å². The molecule has 1 fully saturated rings. The van der Waals surface area contributed by atoms with Gasteiger partial charge in [0.2, 0.25) is 0 Å². The maximum atomic E-state index is 13.8. The lowest BCUT2D eigenvalue weighted by molar-refractivity contribution is -0.120. The molecular formula is C34H30N2O4S. The number of hydrogen-bond donors (Lipinski definition) is 0. The summed E-state index contributed by atoms with van der Waals surface area (Å²) in [5.74, 6) is 0.0560. The van der Waals surface area contributed by atoms with Gasteiger partial charge in [0, 0.05) is 0 Å². The number of thiocarbonyl (C=S) groups is 1. The summed E-state index contributed by atoms with van der Waals surface area (Å²) in [4.78, 5) is 30.5. The lowest BCUT2D eigenvalue weighted by Gasteiger charge is -2.36. The second-order valence-electron chi connectivity index (χ2n) is 9.98. The minimum atomic E-state index is -0.495. The van der Waals surface area contributed by atoms with Gasteiger partial charge in [-0.05, 0) is 86.6 Å². The smallest absolute Gasteiger partial charge is 0.270 e. The number of nitrogens with zero attached hydrogens (tertiary/aromatic N) is 2. The molecule has 0 aliphatic carbocycles. The Hall–Kier alpha value is -4.75. The van der Waals surface area contributed by atoms with Crippen LogP contribution in [-0.4, -0.2) is 24.0 Å². The molecule has 0 N–H and O–H groups in total. The minimum Gasteiger partial charge on any atom is -0.493 e. The number of hydrogen-bond acceptors (Lipinski definition) is 5. The fraction of sp³-hybridized carbons (Fsp3) is 0.147. The van der Waals surface area contributed by atoms with Crippen molar-refractivity contribution in [2.75, 3.05) is 16.9 Å². The van der Waals surface area contributed by atoms with Crippen molar-refractivity contribution < 1.29 is 19.1 Å². The number of ether oxygens (including phenoxy) is 2. The zero-order chi connectivity index (χ0) is 29.1. The molecule has 0 unspecified atom stereocenters. The summed E-state index contributed by atoms with van der Waals surface area (Å²) in [6, 6.07) is 28.3. The molecule has 0 atom stereocenters. The molecule has 4 aromatic rings. The van der Waals surface area contributed by atoms with Gasteiger partial charge in [-0.3, -0.25) is 19.4 Å². The molecule has 0 aromatic heterocycles. The Balaban J connectivity index is 1.51. The van der Waals surface area contributed by atoms with Crippen LogP contribution in [0.15, 0.2) is 96.6 Å². The van der Waals surface area contributed by atoms with E-state index in [0.29, 0.717) is 35.0 Å². The topological polar surface area (TPSA) is 59.1 Å². The summed E-state index contributed by atoms with van der Waals surface area (Å²) in [5, 5.41) is 0.0993. The maximum Gasteiger partial charge on any atom is 0.270 e. The van der Waals surface area contributed by atoms with Gasteiger partial charge in [0.25, 0.3) is 11.8 Å². The van der Waals surface area contributed by atoms with Crippen LogP contribution in [0.2, 0.25) is 0 Å². The van der Waals surface area contributed by atoms with Crippen LogP contribution in [0.5, 0.6) is 11.5 Å². The van der Waals surface area contributed by atoms with Crippen LogP contribution >= 0.6 is 12.2 Å². The summed E-state index contributed by atoms with van der Waals surface area (Å²) in [6.45, 7) is 6.35. The van der Waals surface area contributed by atoms with Crippen molar-refractivity contribution in [3.63, 3.8) is 0 Å². The number of rotatable bonds is 7. The number of amides is 2. The van der Waals surface area contributed by atoms with E-state index in [1.165, 1.54) is 15.4 Å². The molecule has 1 aliphatic heterocycles. The lowest BCUT2D eigenvalue weighted by Crippen LogP contribution is -2.56. The van der Waals surface area contributed by atoms with E-state index in [4.69, 9.17) is 21.7 Å². The molecule has 5 rings (SSSR count). The van der Waals surface area contributed by atoms with E-state index in [2.05, 4.69) is 0 Å². The zero-order valence-electron chi connectivity index (χ0n) is 23.4. The standard InChI is InChI=1S/C34H30N2O4S/c1-22-5-11-25(12-6-22)21-40-30-18-13-26(20-31(30)39-4)19-29-32(37)35(27-14-7-23(2)8-15-27)34(41)36(33(29)38)28-16-9-24(3)10-17-28/h5-20H,21H2,1-4H3. The summed E-state index contributed by atoms with van der Waals surface area (Å²) >= 11 is 5.73. The second kappa shape index (κ2) is 11.8. The molecule has 0 bridgehead atoms.